The number of nitrogens with zero attached hydrogens (tertiary/aromatic N) is 1. The van der Waals surface area contributed by atoms with Crippen molar-refractivity contribution in [3.63, 3.8) is 0 Å². The molecule has 2 N–H and O–H groups in total. The van der Waals surface area contributed by atoms with Gasteiger partial charge in [-0.25, -0.2) is 0 Å². The minimum absolute atomic E-state index is 0.0631. The van der Waals surface area contributed by atoms with Gasteiger partial charge in [0.05, 0.1) is 16.1 Å². The van der Waals surface area contributed by atoms with Gasteiger partial charge in [0.15, 0.2) is 6.73 Å². The van der Waals surface area contributed by atoms with E-state index in [0.29, 0.717) is 27.7 Å². The number of fused-ring (bicyclic) bond motifs is 1. The monoisotopic (exact) mass is 587 g/mol. The van der Waals surface area contributed by atoms with E-state index in [1.165, 1.54) is 4.90 Å². The molecule has 4 aromatic carbocycles. The van der Waals surface area contributed by atoms with Crippen LogP contribution in [0.4, 0.5) is 11.4 Å². The van der Waals surface area contributed by atoms with E-state index >= 15 is 0 Å². The van der Waals surface area contributed by atoms with Gasteiger partial charge in [0, 0.05) is 28.9 Å². The topological polar surface area (TPSA) is 87.7 Å². The first-order valence-electron chi connectivity index (χ1n) is 13.0. The van der Waals surface area contributed by atoms with E-state index in [4.69, 9.17) is 27.9 Å². The van der Waals surface area contributed by atoms with Crippen LogP contribution in [0.25, 0.3) is 11.1 Å². The van der Waals surface area contributed by atoms with E-state index < -0.39 is 5.91 Å². The molecule has 1 aliphatic heterocycles. The van der Waals surface area contributed by atoms with Crippen molar-refractivity contribution in [3.05, 3.63) is 112 Å². The summed E-state index contributed by atoms with van der Waals surface area (Å²) in [7, 11) is 0. The van der Waals surface area contributed by atoms with Crippen LogP contribution >= 0.6 is 23.2 Å². The van der Waals surface area contributed by atoms with Crippen LogP contribution in [0.3, 0.4) is 0 Å². The molecule has 0 aromatic heterocycles. The third-order valence-electron chi connectivity index (χ3n) is 6.69. The average molecular weight is 588 g/mol. The third-order valence-corrected chi connectivity index (χ3v) is 7.27. The Bertz CT molecular complexity index is 1620. The Morgan fingerprint density at radius 3 is 2.27 bits per heavy atom. The van der Waals surface area contributed by atoms with Gasteiger partial charge in [0.2, 0.25) is 5.91 Å². The quantitative estimate of drug-likeness (QED) is 0.240. The van der Waals surface area contributed by atoms with Crippen LogP contribution in [0.5, 0.6) is 5.75 Å². The SMILES string of the molecule is CC(C)C(=O)NCc1ccc(Cl)c(C(=O)Nc2ccc3c(c2)C(=O)N(c2ccc(-c4ccc(Cl)cc4)cc2)CO3)c1. The van der Waals surface area contributed by atoms with E-state index in [0.717, 1.165) is 16.7 Å². The van der Waals surface area contributed by atoms with Crippen LogP contribution in [-0.4, -0.2) is 24.5 Å². The number of nitrogens with one attached hydrogen (secondary N) is 2. The minimum Gasteiger partial charge on any atom is -0.472 e. The predicted octanol–water partition coefficient (Wildman–Crippen LogP) is 7.18. The summed E-state index contributed by atoms with van der Waals surface area (Å²) in [5.41, 5.74) is 4.42. The van der Waals surface area contributed by atoms with Gasteiger partial charge in [0.25, 0.3) is 11.8 Å². The van der Waals surface area contributed by atoms with Gasteiger partial charge >= 0.3 is 0 Å². The van der Waals surface area contributed by atoms with Crippen LogP contribution in [0.2, 0.25) is 10.0 Å². The molecule has 0 bridgehead atoms. The van der Waals surface area contributed by atoms with Crippen LogP contribution in [0, 0.1) is 5.92 Å². The van der Waals surface area contributed by atoms with Crippen LogP contribution < -0.4 is 20.3 Å². The van der Waals surface area contributed by atoms with Crippen LogP contribution in [0.1, 0.15) is 40.1 Å². The Kier molecular flexibility index (Phi) is 8.28. The summed E-state index contributed by atoms with van der Waals surface area (Å²) in [5, 5.41) is 6.58. The molecule has 5 rings (SSSR count). The Morgan fingerprint density at radius 1 is 0.902 bits per heavy atom. The average Bonchev–Trinajstić information content (AvgIpc) is 2.97. The van der Waals surface area contributed by atoms with Gasteiger partial charge < -0.3 is 15.4 Å². The van der Waals surface area contributed by atoms with E-state index in [1.54, 1.807) is 36.4 Å². The smallest absolute Gasteiger partial charge is 0.264 e. The lowest BCUT2D eigenvalue weighted by atomic mass is 10.0. The molecular formula is C32H27Cl2N3O4. The first-order chi connectivity index (χ1) is 19.7. The number of hydrogen-bond acceptors (Lipinski definition) is 4. The summed E-state index contributed by atoms with van der Waals surface area (Å²) in [6, 6.07) is 25.1. The minimum atomic E-state index is -0.439. The van der Waals surface area contributed by atoms with Crippen molar-refractivity contribution in [1.82, 2.24) is 5.32 Å². The fourth-order valence-corrected chi connectivity index (χ4v) is 4.68. The van der Waals surface area contributed by atoms with E-state index in [-0.39, 0.29) is 41.6 Å². The highest BCUT2D eigenvalue weighted by atomic mass is 35.5. The highest BCUT2D eigenvalue weighted by molar-refractivity contribution is 6.34. The zero-order chi connectivity index (χ0) is 29.1. The summed E-state index contributed by atoms with van der Waals surface area (Å²) in [6.45, 7) is 3.95. The number of ether oxygens (including phenoxy) is 1. The van der Waals surface area contributed by atoms with E-state index in [1.807, 2.05) is 62.4 Å². The van der Waals surface area contributed by atoms with Gasteiger partial charge in [-0.3, -0.25) is 19.3 Å². The Balaban J connectivity index is 1.31. The van der Waals surface area contributed by atoms with Crippen LogP contribution in [-0.2, 0) is 11.3 Å². The first kappa shape index (κ1) is 28.2. The summed E-state index contributed by atoms with van der Waals surface area (Å²) >= 11 is 12.3. The van der Waals surface area contributed by atoms with E-state index in [2.05, 4.69) is 10.6 Å². The lowest BCUT2D eigenvalue weighted by Crippen LogP contribution is -2.38. The molecule has 208 valence electrons. The second-order valence-electron chi connectivity index (χ2n) is 9.91. The number of carbonyl (C=O) groups excluding carboxylic acids is 3. The molecule has 0 aliphatic carbocycles. The Labute approximate surface area is 248 Å². The Morgan fingerprint density at radius 2 is 1.59 bits per heavy atom. The van der Waals surface area contributed by atoms with E-state index in [9.17, 15) is 14.4 Å². The van der Waals surface area contributed by atoms with Gasteiger partial charge in [0.1, 0.15) is 5.75 Å². The fourth-order valence-electron chi connectivity index (χ4n) is 4.35. The second kappa shape index (κ2) is 12.0. The molecule has 7 nitrogen and oxygen atoms in total. The van der Waals surface area contributed by atoms with Gasteiger partial charge in [-0.15, -0.1) is 0 Å². The number of amides is 3. The molecule has 1 heterocycles. The maximum absolute atomic E-state index is 13.5. The number of benzene rings is 4. The molecule has 1 aliphatic rings. The second-order valence-corrected chi connectivity index (χ2v) is 10.8. The summed E-state index contributed by atoms with van der Waals surface area (Å²) in [4.78, 5) is 40.0. The zero-order valence-electron chi connectivity index (χ0n) is 22.4. The third kappa shape index (κ3) is 6.37. The molecule has 9 heteroatoms. The molecule has 3 amide bonds. The molecule has 0 saturated heterocycles. The van der Waals surface area contributed by atoms with Crippen molar-refractivity contribution >= 4 is 52.3 Å². The van der Waals surface area contributed by atoms with Gasteiger partial charge in [-0.05, 0) is 71.3 Å². The van der Waals surface area contributed by atoms with Crippen molar-refractivity contribution in [2.45, 2.75) is 20.4 Å². The largest absolute Gasteiger partial charge is 0.472 e. The molecule has 0 unspecified atom stereocenters. The fraction of sp³-hybridized carbons (Fsp3) is 0.156. The van der Waals surface area contributed by atoms with Crippen molar-refractivity contribution in [2.24, 2.45) is 5.92 Å². The molecule has 0 spiro atoms. The van der Waals surface area contributed by atoms with Crippen molar-refractivity contribution in [3.8, 4) is 16.9 Å². The highest BCUT2D eigenvalue weighted by Gasteiger charge is 2.27. The maximum Gasteiger partial charge on any atom is 0.264 e. The Hall–Kier alpha value is -4.33. The summed E-state index contributed by atoms with van der Waals surface area (Å²) in [5.74, 6) is -0.486. The van der Waals surface area contributed by atoms with Gasteiger partial charge in [-0.1, -0.05) is 67.4 Å². The molecule has 0 atom stereocenters. The zero-order valence-corrected chi connectivity index (χ0v) is 23.9. The lowest BCUT2D eigenvalue weighted by Gasteiger charge is -2.29. The molecule has 0 fully saturated rings. The molecule has 0 radical (unpaired) electrons. The molecule has 41 heavy (non-hydrogen) atoms. The highest BCUT2D eigenvalue weighted by Crippen LogP contribution is 2.32. The number of carbonyl (C=O) groups is 3. The van der Waals surface area contributed by atoms with Crippen molar-refractivity contribution in [2.75, 3.05) is 16.9 Å². The predicted molar refractivity (Wildman–Crippen MR) is 162 cm³/mol. The van der Waals surface area contributed by atoms with Crippen molar-refractivity contribution in [1.29, 1.82) is 0 Å². The molecule has 4 aromatic rings. The number of anilines is 2. The maximum atomic E-state index is 13.5. The molecular weight excluding hydrogens is 561 g/mol. The number of halogens is 2. The number of hydrogen-bond donors (Lipinski definition) is 2. The van der Waals surface area contributed by atoms with Gasteiger partial charge in [-0.2, -0.15) is 0 Å². The molecule has 0 saturated carbocycles. The summed E-state index contributed by atoms with van der Waals surface area (Å²) < 4.78 is 5.85. The first-order valence-corrected chi connectivity index (χ1v) is 13.8. The normalized spacial score (nSPS) is 12.5. The lowest BCUT2D eigenvalue weighted by molar-refractivity contribution is -0.124. The van der Waals surface area contributed by atoms with Crippen LogP contribution in [0.15, 0.2) is 84.9 Å². The summed E-state index contributed by atoms with van der Waals surface area (Å²) in [6.07, 6.45) is 0. The number of rotatable bonds is 7. The van der Waals surface area contributed by atoms with Crippen molar-refractivity contribution < 1.29 is 19.1 Å². The standard InChI is InChI=1S/C32H27Cl2N3O4/c1-19(2)30(38)35-17-20-3-13-28(34)26(15-20)31(39)36-24-10-14-29-27(16-24)32(40)37(18-41-29)25-11-6-22(7-12-25)21-4-8-23(33)9-5-21/h3-16,19H,17-18H2,1-2H3,(H,35,38)(H,36,39).